The smallest absolute Gasteiger partial charge is 0.309 e. The summed E-state index contributed by atoms with van der Waals surface area (Å²) in [4.78, 5) is 37.0. The van der Waals surface area contributed by atoms with Crippen molar-refractivity contribution in [1.82, 2.24) is 5.32 Å². The minimum atomic E-state index is -1.21. The number of imide groups is 1. The summed E-state index contributed by atoms with van der Waals surface area (Å²) in [5.74, 6) is -1.82. The Balaban J connectivity index is 1.63. The van der Waals surface area contributed by atoms with E-state index in [2.05, 4.69) is 10.6 Å². The molecule has 2 fully saturated rings. The van der Waals surface area contributed by atoms with E-state index in [0.717, 1.165) is 0 Å². The van der Waals surface area contributed by atoms with E-state index in [1.54, 1.807) is 25.7 Å². The first-order valence-electron chi connectivity index (χ1n) is 10.6. The lowest BCUT2D eigenvalue weighted by Gasteiger charge is -2.39. The summed E-state index contributed by atoms with van der Waals surface area (Å²) < 4.78 is 20.2. The Morgan fingerprint density at radius 3 is 2.56 bits per heavy atom. The van der Waals surface area contributed by atoms with Crippen molar-refractivity contribution in [3.63, 3.8) is 0 Å². The van der Waals surface area contributed by atoms with Crippen molar-refractivity contribution in [2.75, 3.05) is 23.3 Å². The van der Waals surface area contributed by atoms with Crippen LogP contribution in [0, 0.1) is 5.82 Å². The van der Waals surface area contributed by atoms with E-state index >= 15 is 0 Å². The van der Waals surface area contributed by atoms with Gasteiger partial charge in [0.1, 0.15) is 17.5 Å². The number of halogens is 2. The van der Waals surface area contributed by atoms with Gasteiger partial charge in [-0.3, -0.25) is 19.7 Å². The van der Waals surface area contributed by atoms with Gasteiger partial charge in [-0.25, -0.2) is 4.39 Å². The normalized spacial score (nSPS) is 21.2. The van der Waals surface area contributed by atoms with E-state index in [1.807, 2.05) is 0 Å². The third kappa shape index (κ3) is 6.10. The number of carbonyl (C=O) groups excluding carboxylic acids is 3. The molecule has 2 aliphatic heterocycles. The third-order valence-electron chi connectivity index (χ3n) is 5.50. The number of aliphatic hydroxyl groups is 1. The minimum Gasteiger partial charge on any atom is -0.460 e. The molecule has 0 spiro atoms. The molecule has 1 aromatic rings. The number of esters is 1. The van der Waals surface area contributed by atoms with Gasteiger partial charge in [-0.2, -0.15) is 0 Å². The fraction of sp³-hybridized carbons (Fsp3) is 0.591. The third-order valence-corrected chi connectivity index (χ3v) is 5.79. The summed E-state index contributed by atoms with van der Waals surface area (Å²) in [6, 6.07) is 2.14. The lowest BCUT2D eigenvalue weighted by atomic mass is 9.88. The average Bonchev–Trinajstić information content (AvgIpc) is 2.63. The molecule has 2 aliphatic rings. The molecule has 0 aliphatic carbocycles. The molecule has 1 aromatic carbocycles. The highest BCUT2D eigenvalue weighted by Crippen LogP contribution is 2.37. The lowest BCUT2D eigenvalue weighted by Crippen LogP contribution is -2.47. The van der Waals surface area contributed by atoms with Gasteiger partial charge in [-0.1, -0.05) is 11.6 Å². The Hall–Kier alpha value is -2.39. The molecule has 0 radical (unpaired) electrons. The van der Waals surface area contributed by atoms with Crippen molar-refractivity contribution in [3.05, 3.63) is 23.0 Å². The van der Waals surface area contributed by atoms with Crippen LogP contribution in [0.25, 0.3) is 0 Å². The first kappa shape index (κ1) is 24.3. The molecule has 10 heteroatoms. The van der Waals surface area contributed by atoms with Gasteiger partial charge in [0.05, 0.1) is 22.7 Å². The van der Waals surface area contributed by atoms with Gasteiger partial charge in [0.2, 0.25) is 11.8 Å². The SMILES string of the molecule is CC(C)(C)OC(=O)CC1(O)CCN(c2c(F)cc(NC3CCC(=O)NC3=O)cc2Cl)CC1. The maximum absolute atomic E-state index is 14.9. The van der Waals surface area contributed by atoms with Gasteiger partial charge < -0.3 is 20.1 Å². The monoisotopic (exact) mass is 469 g/mol. The number of nitrogens with zero attached hydrogens (tertiary/aromatic N) is 1. The van der Waals surface area contributed by atoms with Gasteiger partial charge in [0.25, 0.3) is 0 Å². The number of anilines is 2. The minimum absolute atomic E-state index is 0.122. The Morgan fingerprint density at radius 2 is 2.00 bits per heavy atom. The number of amides is 2. The van der Waals surface area contributed by atoms with Gasteiger partial charge in [0.15, 0.2) is 0 Å². The maximum atomic E-state index is 14.9. The fourth-order valence-corrected chi connectivity index (χ4v) is 4.28. The van der Waals surface area contributed by atoms with Gasteiger partial charge in [0, 0.05) is 25.2 Å². The molecular formula is C22H29ClFN3O5. The van der Waals surface area contributed by atoms with Crippen LogP contribution in [0.4, 0.5) is 15.8 Å². The molecule has 8 nitrogen and oxygen atoms in total. The van der Waals surface area contributed by atoms with Crippen molar-refractivity contribution in [3.8, 4) is 0 Å². The number of benzene rings is 1. The second-order valence-electron chi connectivity index (χ2n) is 9.41. The summed E-state index contributed by atoms with van der Waals surface area (Å²) in [6.45, 7) is 5.93. The highest BCUT2D eigenvalue weighted by atomic mass is 35.5. The van der Waals surface area contributed by atoms with E-state index in [9.17, 15) is 23.9 Å². The highest BCUT2D eigenvalue weighted by Gasteiger charge is 2.37. The number of carbonyl (C=O) groups is 3. The maximum Gasteiger partial charge on any atom is 0.309 e. The fourth-order valence-electron chi connectivity index (χ4n) is 3.95. The van der Waals surface area contributed by atoms with Crippen LogP contribution in [0.15, 0.2) is 12.1 Å². The van der Waals surface area contributed by atoms with Crippen LogP contribution in [-0.2, 0) is 19.1 Å². The summed E-state index contributed by atoms with van der Waals surface area (Å²) in [7, 11) is 0. The second kappa shape index (κ2) is 9.23. The zero-order chi connectivity index (χ0) is 23.7. The van der Waals surface area contributed by atoms with Gasteiger partial charge in [-0.05, 0) is 52.2 Å². The van der Waals surface area contributed by atoms with Crippen molar-refractivity contribution < 1.29 is 28.6 Å². The zero-order valence-corrected chi connectivity index (χ0v) is 19.2. The van der Waals surface area contributed by atoms with Crippen LogP contribution >= 0.6 is 11.6 Å². The summed E-state index contributed by atoms with van der Waals surface area (Å²) in [6.07, 6.45) is 0.922. The molecular weight excluding hydrogens is 441 g/mol. The number of ether oxygens (including phenoxy) is 1. The molecule has 176 valence electrons. The van der Waals surface area contributed by atoms with E-state index in [1.165, 1.54) is 12.1 Å². The van der Waals surface area contributed by atoms with E-state index in [4.69, 9.17) is 16.3 Å². The lowest BCUT2D eigenvalue weighted by molar-refractivity contribution is -0.161. The largest absolute Gasteiger partial charge is 0.460 e. The molecule has 2 heterocycles. The zero-order valence-electron chi connectivity index (χ0n) is 18.5. The van der Waals surface area contributed by atoms with E-state index < -0.39 is 34.9 Å². The first-order valence-corrected chi connectivity index (χ1v) is 11.0. The van der Waals surface area contributed by atoms with Crippen LogP contribution in [0.1, 0.15) is 52.9 Å². The summed E-state index contributed by atoms with van der Waals surface area (Å²) in [5.41, 5.74) is -1.30. The number of hydrogen-bond donors (Lipinski definition) is 3. The summed E-state index contributed by atoms with van der Waals surface area (Å²) >= 11 is 6.36. The molecule has 3 N–H and O–H groups in total. The van der Waals surface area contributed by atoms with Crippen molar-refractivity contribution in [1.29, 1.82) is 0 Å². The predicted molar refractivity (Wildman–Crippen MR) is 118 cm³/mol. The number of rotatable bonds is 5. The molecule has 2 amide bonds. The standard InChI is InChI=1S/C22H29ClFN3O5/c1-21(2,3)32-18(29)12-22(31)6-8-27(9-7-22)19-14(23)10-13(11-15(19)24)25-16-4-5-17(28)26-20(16)30/h10-11,16,25,31H,4-9,12H2,1-3H3,(H,26,28,30). The van der Waals surface area contributed by atoms with Crippen LogP contribution in [0.2, 0.25) is 5.02 Å². The van der Waals surface area contributed by atoms with Gasteiger partial charge >= 0.3 is 5.97 Å². The van der Waals surface area contributed by atoms with Gasteiger partial charge in [-0.15, -0.1) is 0 Å². The van der Waals surface area contributed by atoms with E-state index in [0.29, 0.717) is 25.2 Å². The summed E-state index contributed by atoms with van der Waals surface area (Å²) in [5, 5.41) is 16.1. The van der Waals surface area contributed by atoms with Crippen molar-refractivity contribution in [2.24, 2.45) is 0 Å². The van der Waals surface area contributed by atoms with Crippen LogP contribution in [0.5, 0.6) is 0 Å². The van der Waals surface area contributed by atoms with E-state index in [-0.39, 0.29) is 42.3 Å². The van der Waals surface area contributed by atoms with Crippen molar-refractivity contribution >= 4 is 40.8 Å². The first-order chi connectivity index (χ1) is 14.8. The molecule has 0 aromatic heterocycles. The molecule has 0 saturated carbocycles. The number of piperidine rings is 2. The Morgan fingerprint density at radius 1 is 1.34 bits per heavy atom. The Kier molecular flexibility index (Phi) is 7.00. The topological polar surface area (TPSA) is 108 Å². The average molecular weight is 470 g/mol. The predicted octanol–water partition coefficient (Wildman–Crippen LogP) is 2.76. The molecule has 3 rings (SSSR count). The second-order valence-corrected chi connectivity index (χ2v) is 9.82. The number of nitrogens with one attached hydrogen (secondary N) is 2. The van der Waals surface area contributed by atoms with Crippen LogP contribution in [0.3, 0.4) is 0 Å². The molecule has 2 saturated heterocycles. The number of hydrogen-bond acceptors (Lipinski definition) is 7. The van der Waals surface area contributed by atoms with Crippen LogP contribution in [-0.4, -0.2) is 53.2 Å². The Bertz CT molecular complexity index is 886. The highest BCUT2D eigenvalue weighted by molar-refractivity contribution is 6.33. The van der Waals surface area contributed by atoms with Crippen molar-refractivity contribution in [2.45, 2.75) is 70.1 Å². The molecule has 32 heavy (non-hydrogen) atoms. The molecule has 1 atom stereocenters. The Labute approximate surface area is 191 Å². The molecule has 0 bridgehead atoms. The van der Waals surface area contributed by atoms with Crippen LogP contribution < -0.4 is 15.5 Å². The quantitative estimate of drug-likeness (QED) is 0.449. The molecule has 1 unspecified atom stereocenters.